The van der Waals surface area contributed by atoms with E-state index in [1.807, 2.05) is 35.9 Å². The van der Waals surface area contributed by atoms with Gasteiger partial charge in [-0.05, 0) is 12.1 Å². The molecule has 102 valence electrons. The van der Waals surface area contributed by atoms with Crippen LogP contribution < -0.4 is 4.74 Å². The molecule has 2 aromatic rings. The fourth-order valence-electron chi connectivity index (χ4n) is 1.72. The van der Waals surface area contributed by atoms with Crippen molar-refractivity contribution in [3.05, 3.63) is 24.3 Å². The average Bonchev–Trinajstić information content (AvgIpc) is 2.80. The van der Waals surface area contributed by atoms with Gasteiger partial charge in [0.05, 0.1) is 19.3 Å². The Bertz CT molecular complexity index is 542. The fourth-order valence-corrected chi connectivity index (χ4v) is 2.53. The van der Waals surface area contributed by atoms with Gasteiger partial charge in [0.25, 0.3) is 0 Å². The van der Waals surface area contributed by atoms with E-state index in [0.717, 1.165) is 28.0 Å². The molecule has 0 saturated heterocycles. The van der Waals surface area contributed by atoms with E-state index in [1.54, 1.807) is 26.0 Å². The molecule has 0 aliphatic heterocycles. The second kappa shape index (κ2) is 6.58. The largest absolute Gasteiger partial charge is 0.496 e. The lowest BCUT2D eigenvalue weighted by Crippen LogP contribution is -1.98. The van der Waals surface area contributed by atoms with Gasteiger partial charge < -0.3 is 14.0 Å². The number of nitrogens with zero attached hydrogens (tertiary/aromatic N) is 3. The molecule has 0 spiro atoms. The van der Waals surface area contributed by atoms with Crippen LogP contribution in [0.3, 0.4) is 0 Å². The highest BCUT2D eigenvalue weighted by atomic mass is 32.2. The first-order valence-electron chi connectivity index (χ1n) is 5.92. The minimum absolute atomic E-state index is 0.696. The van der Waals surface area contributed by atoms with E-state index in [9.17, 15) is 0 Å². The number of aromatic nitrogens is 3. The summed E-state index contributed by atoms with van der Waals surface area (Å²) in [5, 5.41) is 9.32. The van der Waals surface area contributed by atoms with Gasteiger partial charge in [-0.2, -0.15) is 0 Å². The minimum Gasteiger partial charge on any atom is -0.496 e. The van der Waals surface area contributed by atoms with Crippen molar-refractivity contribution in [3.63, 3.8) is 0 Å². The third-order valence-electron chi connectivity index (χ3n) is 2.70. The van der Waals surface area contributed by atoms with Crippen LogP contribution in [-0.2, 0) is 11.8 Å². The van der Waals surface area contributed by atoms with Gasteiger partial charge in [0.15, 0.2) is 11.0 Å². The molecule has 2 rings (SSSR count). The lowest BCUT2D eigenvalue weighted by molar-refractivity contribution is 0.218. The molecule has 1 heterocycles. The van der Waals surface area contributed by atoms with Crippen LogP contribution in [0.2, 0.25) is 0 Å². The normalized spacial score (nSPS) is 10.7. The van der Waals surface area contributed by atoms with Crippen molar-refractivity contribution in [1.29, 1.82) is 0 Å². The van der Waals surface area contributed by atoms with Gasteiger partial charge in [0.1, 0.15) is 5.75 Å². The number of thioether (sulfide) groups is 1. The molecule has 19 heavy (non-hydrogen) atoms. The van der Waals surface area contributed by atoms with Crippen LogP contribution in [0.15, 0.2) is 29.4 Å². The maximum Gasteiger partial charge on any atom is 0.191 e. The predicted molar refractivity (Wildman–Crippen MR) is 75.6 cm³/mol. The Labute approximate surface area is 116 Å². The van der Waals surface area contributed by atoms with Crippen LogP contribution in [0.4, 0.5) is 0 Å². The highest BCUT2D eigenvalue weighted by molar-refractivity contribution is 7.99. The van der Waals surface area contributed by atoms with Crippen molar-refractivity contribution >= 4 is 11.8 Å². The number of hydrogen-bond donors (Lipinski definition) is 0. The zero-order valence-corrected chi connectivity index (χ0v) is 12.1. The van der Waals surface area contributed by atoms with Gasteiger partial charge in [0.2, 0.25) is 0 Å². The molecule has 0 unspecified atom stereocenters. The number of benzene rings is 1. The van der Waals surface area contributed by atoms with Crippen molar-refractivity contribution in [3.8, 4) is 17.1 Å². The third kappa shape index (κ3) is 3.08. The molecule has 0 fully saturated rings. The van der Waals surface area contributed by atoms with Crippen LogP contribution in [0.1, 0.15) is 0 Å². The molecule has 0 radical (unpaired) electrons. The summed E-state index contributed by atoms with van der Waals surface area (Å²) in [5.74, 6) is 2.46. The summed E-state index contributed by atoms with van der Waals surface area (Å²) in [6.45, 7) is 0.696. The minimum atomic E-state index is 0.696. The number of rotatable bonds is 6. The van der Waals surface area contributed by atoms with Crippen LogP contribution >= 0.6 is 11.8 Å². The van der Waals surface area contributed by atoms with Crippen LogP contribution in [0, 0.1) is 0 Å². The van der Waals surface area contributed by atoms with E-state index in [0.29, 0.717) is 6.61 Å². The van der Waals surface area contributed by atoms with Crippen molar-refractivity contribution < 1.29 is 9.47 Å². The Morgan fingerprint density at radius 3 is 2.74 bits per heavy atom. The smallest absolute Gasteiger partial charge is 0.191 e. The summed E-state index contributed by atoms with van der Waals surface area (Å²) in [6.07, 6.45) is 0. The highest BCUT2D eigenvalue weighted by Crippen LogP contribution is 2.29. The van der Waals surface area contributed by atoms with E-state index in [4.69, 9.17) is 9.47 Å². The van der Waals surface area contributed by atoms with E-state index < -0.39 is 0 Å². The second-order valence-electron chi connectivity index (χ2n) is 3.91. The monoisotopic (exact) mass is 279 g/mol. The molecule has 1 aromatic carbocycles. The Morgan fingerprint density at radius 2 is 2.00 bits per heavy atom. The molecule has 0 N–H and O–H groups in total. The standard InChI is InChI=1S/C13H17N3O2S/c1-16-12(10-6-4-5-7-11(10)18-3)14-15-13(16)19-9-8-17-2/h4-7H,8-9H2,1-3H3. The SMILES string of the molecule is COCCSc1nnc(-c2ccccc2OC)n1C. The zero-order chi connectivity index (χ0) is 13.7. The van der Waals surface area contributed by atoms with Crippen molar-refractivity contribution in [2.24, 2.45) is 7.05 Å². The first-order valence-corrected chi connectivity index (χ1v) is 6.91. The summed E-state index contributed by atoms with van der Waals surface area (Å²) in [6, 6.07) is 7.80. The zero-order valence-electron chi connectivity index (χ0n) is 11.3. The predicted octanol–water partition coefficient (Wildman–Crippen LogP) is 2.23. The number of ether oxygens (including phenoxy) is 2. The second-order valence-corrected chi connectivity index (χ2v) is 4.97. The maximum atomic E-state index is 5.35. The summed E-state index contributed by atoms with van der Waals surface area (Å²) in [5.41, 5.74) is 0.943. The van der Waals surface area contributed by atoms with Gasteiger partial charge in [-0.15, -0.1) is 10.2 Å². The van der Waals surface area contributed by atoms with E-state index in [1.165, 1.54) is 0 Å². The van der Waals surface area contributed by atoms with Gasteiger partial charge >= 0.3 is 0 Å². The number of hydrogen-bond acceptors (Lipinski definition) is 5. The molecule has 1 aromatic heterocycles. The molecule has 0 bridgehead atoms. The number of para-hydroxylation sites is 1. The summed E-state index contributed by atoms with van der Waals surface area (Å²) in [4.78, 5) is 0. The van der Waals surface area contributed by atoms with Crippen molar-refractivity contribution in [1.82, 2.24) is 14.8 Å². The Kier molecular flexibility index (Phi) is 4.81. The highest BCUT2D eigenvalue weighted by Gasteiger charge is 2.14. The molecule has 0 atom stereocenters. The Morgan fingerprint density at radius 1 is 1.21 bits per heavy atom. The quantitative estimate of drug-likeness (QED) is 0.599. The summed E-state index contributed by atoms with van der Waals surface area (Å²) >= 11 is 1.62. The van der Waals surface area contributed by atoms with E-state index in [-0.39, 0.29) is 0 Å². The molecule has 6 heteroatoms. The summed E-state index contributed by atoms with van der Waals surface area (Å²) in [7, 11) is 5.30. The molecular formula is C13H17N3O2S. The Balaban J connectivity index is 2.26. The molecule has 0 saturated carbocycles. The topological polar surface area (TPSA) is 49.2 Å². The van der Waals surface area contributed by atoms with Gasteiger partial charge in [-0.25, -0.2) is 0 Å². The molecule has 0 aliphatic rings. The lowest BCUT2D eigenvalue weighted by Gasteiger charge is -2.07. The van der Waals surface area contributed by atoms with Gasteiger partial charge in [-0.1, -0.05) is 23.9 Å². The fraction of sp³-hybridized carbons (Fsp3) is 0.385. The maximum absolute atomic E-state index is 5.35. The third-order valence-corrected chi connectivity index (χ3v) is 3.69. The van der Waals surface area contributed by atoms with Gasteiger partial charge in [0, 0.05) is 19.9 Å². The lowest BCUT2D eigenvalue weighted by atomic mass is 10.2. The molecular weight excluding hydrogens is 262 g/mol. The van der Waals surface area contributed by atoms with Crippen molar-refractivity contribution in [2.45, 2.75) is 5.16 Å². The van der Waals surface area contributed by atoms with E-state index >= 15 is 0 Å². The van der Waals surface area contributed by atoms with Crippen LogP contribution in [-0.4, -0.2) is 41.3 Å². The molecule has 0 amide bonds. The Hall–Kier alpha value is -1.53. The van der Waals surface area contributed by atoms with Crippen molar-refractivity contribution in [2.75, 3.05) is 26.6 Å². The average molecular weight is 279 g/mol. The van der Waals surface area contributed by atoms with Gasteiger partial charge in [-0.3, -0.25) is 0 Å². The summed E-state index contributed by atoms with van der Waals surface area (Å²) < 4.78 is 12.4. The van der Waals surface area contributed by atoms with E-state index in [2.05, 4.69) is 10.2 Å². The first kappa shape index (κ1) is 13.9. The van der Waals surface area contributed by atoms with Crippen LogP contribution in [0.25, 0.3) is 11.4 Å². The first-order chi connectivity index (χ1) is 9.27. The molecule has 0 aliphatic carbocycles. The molecule has 5 nitrogen and oxygen atoms in total. The number of methoxy groups -OCH3 is 2. The van der Waals surface area contributed by atoms with Crippen LogP contribution in [0.5, 0.6) is 5.75 Å².